The van der Waals surface area contributed by atoms with Crippen molar-refractivity contribution in [2.45, 2.75) is 32.6 Å². The van der Waals surface area contributed by atoms with Crippen LogP contribution in [0, 0.1) is 0 Å². The Labute approximate surface area is 103 Å². The number of nitrogens with zero attached hydrogens (tertiary/aromatic N) is 1. The molecule has 0 atom stereocenters. The first kappa shape index (κ1) is 13.7. The molecule has 0 spiro atoms. The van der Waals surface area contributed by atoms with Crippen LogP contribution in [0.15, 0.2) is 29.3 Å². The van der Waals surface area contributed by atoms with E-state index in [4.69, 9.17) is 10.8 Å². The quantitative estimate of drug-likeness (QED) is 0.586. The molecule has 0 unspecified atom stereocenters. The molecule has 0 saturated carbocycles. The first-order chi connectivity index (χ1) is 8.22. The summed E-state index contributed by atoms with van der Waals surface area (Å²) < 4.78 is 0. The molecule has 17 heavy (non-hydrogen) atoms. The van der Waals surface area contributed by atoms with Crippen LogP contribution in [0.4, 0.5) is 0 Å². The van der Waals surface area contributed by atoms with Gasteiger partial charge < -0.3 is 10.8 Å². The number of aliphatic hydroxyl groups is 1. The van der Waals surface area contributed by atoms with Gasteiger partial charge in [0.15, 0.2) is 0 Å². The lowest BCUT2D eigenvalue weighted by atomic mass is 9.93. The maximum atomic E-state index is 8.68. The molecular weight excluding hydrogens is 212 g/mol. The molecule has 3 N–H and O–H groups in total. The molecule has 0 aliphatic rings. The van der Waals surface area contributed by atoms with Crippen LogP contribution in [0.1, 0.15) is 43.7 Å². The van der Waals surface area contributed by atoms with Crippen LogP contribution >= 0.6 is 0 Å². The molecule has 3 nitrogen and oxygen atoms in total. The van der Waals surface area contributed by atoms with Crippen molar-refractivity contribution in [3.63, 3.8) is 0 Å². The third kappa shape index (κ3) is 3.86. The number of benzene rings is 1. The Morgan fingerprint density at radius 1 is 1.24 bits per heavy atom. The Morgan fingerprint density at radius 3 is 2.29 bits per heavy atom. The van der Waals surface area contributed by atoms with E-state index >= 15 is 0 Å². The van der Waals surface area contributed by atoms with Gasteiger partial charge in [-0.15, -0.1) is 0 Å². The van der Waals surface area contributed by atoms with Crippen LogP contribution in [0.5, 0.6) is 0 Å². The van der Waals surface area contributed by atoms with Crippen molar-refractivity contribution in [1.29, 1.82) is 0 Å². The standard InChI is InChI=1S/C14H22N2O/c1-3-11(4-2)12-5-7-13(8-6-12)14(15)16-9-10-17/h5-8,11,17H,3-4,9-10H2,1-2H3,(H2,15,16). The summed E-state index contributed by atoms with van der Waals surface area (Å²) in [6, 6.07) is 8.25. The first-order valence-corrected chi connectivity index (χ1v) is 6.24. The van der Waals surface area contributed by atoms with Crippen LogP contribution in [-0.2, 0) is 0 Å². The van der Waals surface area contributed by atoms with Gasteiger partial charge in [0, 0.05) is 5.56 Å². The van der Waals surface area contributed by atoms with Crippen LogP contribution in [0.25, 0.3) is 0 Å². The molecule has 0 aliphatic carbocycles. The summed E-state index contributed by atoms with van der Waals surface area (Å²) >= 11 is 0. The number of aliphatic imine (C=N–C) groups is 1. The van der Waals surface area contributed by atoms with E-state index in [-0.39, 0.29) is 6.61 Å². The maximum absolute atomic E-state index is 8.68. The number of hydrogen-bond donors (Lipinski definition) is 2. The van der Waals surface area contributed by atoms with Gasteiger partial charge in [-0.3, -0.25) is 4.99 Å². The Bertz CT molecular complexity index is 353. The molecule has 0 heterocycles. The van der Waals surface area contributed by atoms with Crippen LogP contribution in [0.2, 0.25) is 0 Å². The van der Waals surface area contributed by atoms with Crippen molar-refractivity contribution < 1.29 is 5.11 Å². The predicted molar refractivity (Wildman–Crippen MR) is 72.4 cm³/mol. The third-order valence-electron chi connectivity index (χ3n) is 3.05. The van der Waals surface area contributed by atoms with E-state index in [0.717, 1.165) is 18.4 Å². The van der Waals surface area contributed by atoms with E-state index in [2.05, 4.69) is 31.0 Å². The number of aliphatic hydroxyl groups excluding tert-OH is 1. The summed E-state index contributed by atoms with van der Waals surface area (Å²) in [5, 5.41) is 8.68. The molecule has 3 heteroatoms. The Hall–Kier alpha value is -1.35. The van der Waals surface area contributed by atoms with Crippen LogP contribution < -0.4 is 5.73 Å². The number of nitrogens with two attached hydrogens (primary N) is 1. The fourth-order valence-corrected chi connectivity index (χ4v) is 1.95. The van der Waals surface area contributed by atoms with E-state index in [9.17, 15) is 0 Å². The van der Waals surface area contributed by atoms with Crippen molar-refractivity contribution in [3.05, 3.63) is 35.4 Å². The highest BCUT2D eigenvalue weighted by atomic mass is 16.3. The number of rotatable bonds is 6. The molecule has 1 aromatic carbocycles. The van der Waals surface area contributed by atoms with Crippen LogP contribution in [0.3, 0.4) is 0 Å². The van der Waals surface area contributed by atoms with Gasteiger partial charge in [0.1, 0.15) is 5.84 Å². The van der Waals surface area contributed by atoms with E-state index < -0.39 is 0 Å². The second kappa shape index (κ2) is 7.07. The number of amidine groups is 1. The second-order valence-corrected chi connectivity index (χ2v) is 4.13. The SMILES string of the molecule is CCC(CC)c1ccc(C(N)=NCCO)cc1. The van der Waals surface area contributed by atoms with Crippen molar-refractivity contribution in [3.8, 4) is 0 Å². The highest BCUT2D eigenvalue weighted by molar-refractivity contribution is 5.97. The zero-order valence-electron chi connectivity index (χ0n) is 10.7. The van der Waals surface area contributed by atoms with E-state index in [1.807, 2.05) is 12.1 Å². The van der Waals surface area contributed by atoms with Gasteiger partial charge in [-0.05, 0) is 24.3 Å². The van der Waals surface area contributed by atoms with E-state index in [0.29, 0.717) is 18.3 Å². The molecule has 0 saturated heterocycles. The minimum Gasteiger partial charge on any atom is -0.394 e. The number of hydrogen-bond acceptors (Lipinski definition) is 2. The summed E-state index contributed by atoms with van der Waals surface area (Å²) in [6.45, 7) is 4.81. The lowest BCUT2D eigenvalue weighted by Crippen LogP contribution is -2.14. The van der Waals surface area contributed by atoms with E-state index in [1.54, 1.807) is 0 Å². The molecule has 0 aliphatic heterocycles. The topological polar surface area (TPSA) is 58.6 Å². The largest absolute Gasteiger partial charge is 0.394 e. The highest BCUT2D eigenvalue weighted by Crippen LogP contribution is 2.22. The molecular formula is C14H22N2O. The summed E-state index contributed by atoms with van der Waals surface area (Å²) in [4.78, 5) is 4.07. The average molecular weight is 234 g/mol. The molecule has 94 valence electrons. The molecule has 1 rings (SSSR count). The maximum Gasteiger partial charge on any atom is 0.125 e. The molecule has 1 aromatic rings. The lowest BCUT2D eigenvalue weighted by Gasteiger charge is -2.13. The van der Waals surface area contributed by atoms with Crippen molar-refractivity contribution in [1.82, 2.24) is 0 Å². The van der Waals surface area contributed by atoms with Crippen molar-refractivity contribution >= 4 is 5.84 Å². The first-order valence-electron chi connectivity index (χ1n) is 6.24. The van der Waals surface area contributed by atoms with Gasteiger partial charge in [-0.25, -0.2) is 0 Å². The van der Waals surface area contributed by atoms with Gasteiger partial charge in [-0.2, -0.15) is 0 Å². The average Bonchev–Trinajstić information content (AvgIpc) is 2.38. The van der Waals surface area contributed by atoms with Gasteiger partial charge in [-0.1, -0.05) is 38.1 Å². The van der Waals surface area contributed by atoms with Gasteiger partial charge in [0.25, 0.3) is 0 Å². The molecule has 0 bridgehead atoms. The third-order valence-corrected chi connectivity index (χ3v) is 3.05. The second-order valence-electron chi connectivity index (χ2n) is 4.13. The smallest absolute Gasteiger partial charge is 0.125 e. The Morgan fingerprint density at radius 2 is 1.82 bits per heavy atom. The van der Waals surface area contributed by atoms with Gasteiger partial charge in [0.2, 0.25) is 0 Å². The van der Waals surface area contributed by atoms with E-state index in [1.165, 1.54) is 5.56 Å². The van der Waals surface area contributed by atoms with Crippen LogP contribution in [-0.4, -0.2) is 24.1 Å². The lowest BCUT2D eigenvalue weighted by molar-refractivity contribution is 0.307. The summed E-state index contributed by atoms with van der Waals surface area (Å²) in [5.74, 6) is 1.12. The zero-order chi connectivity index (χ0) is 12.7. The fraction of sp³-hybridized carbons (Fsp3) is 0.500. The molecule has 0 radical (unpaired) electrons. The summed E-state index contributed by atoms with van der Waals surface area (Å²) in [5.41, 5.74) is 8.09. The zero-order valence-corrected chi connectivity index (χ0v) is 10.7. The fourth-order valence-electron chi connectivity index (χ4n) is 1.95. The molecule has 0 aromatic heterocycles. The molecule has 0 fully saturated rings. The normalized spacial score (nSPS) is 12.1. The minimum absolute atomic E-state index is 0.0343. The van der Waals surface area contributed by atoms with Crippen molar-refractivity contribution in [2.75, 3.05) is 13.2 Å². The van der Waals surface area contributed by atoms with Gasteiger partial charge >= 0.3 is 0 Å². The predicted octanol–water partition coefficient (Wildman–Crippen LogP) is 2.29. The highest BCUT2D eigenvalue weighted by Gasteiger charge is 2.06. The van der Waals surface area contributed by atoms with Crippen molar-refractivity contribution in [2.24, 2.45) is 10.7 Å². The van der Waals surface area contributed by atoms with Gasteiger partial charge in [0.05, 0.1) is 13.2 Å². The Kier molecular flexibility index (Phi) is 5.70. The Balaban J connectivity index is 2.80. The monoisotopic (exact) mass is 234 g/mol. The minimum atomic E-state index is 0.0343. The summed E-state index contributed by atoms with van der Waals surface area (Å²) in [7, 11) is 0. The summed E-state index contributed by atoms with van der Waals surface area (Å²) in [6.07, 6.45) is 2.31. The molecule has 0 amide bonds.